The Morgan fingerprint density at radius 3 is 2.88 bits per heavy atom. The molecule has 1 N–H and O–H groups in total. The fraction of sp³-hybridized carbons (Fsp3) is 0.643. The van der Waals surface area contributed by atoms with Crippen molar-refractivity contribution in [2.24, 2.45) is 0 Å². The Balaban J connectivity index is 2.12. The number of nitrogens with zero attached hydrogens (tertiary/aromatic N) is 2. The highest BCUT2D eigenvalue weighted by Crippen LogP contribution is 2.02. The first-order valence-corrected chi connectivity index (χ1v) is 6.55. The van der Waals surface area contributed by atoms with E-state index in [2.05, 4.69) is 42.2 Å². The van der Waals surface area contributed by atoms with E-state index in [9.17, 15) is 0 Å². The van der Waals surface area contributed by atoms with Crippen molar-refractivity contribution in [3.05, 3.63) is 30.1 Å². The number of nitrogens with one attached hydrogen (secondary N) is 1. The van der Waals surface area contributed by atoms with Gasteiger partial charge in [-0.15, -0.1) is 0 Å². The zero-order valence-electron chi connectivity index (χ0n) is 11.3. The molecule has 0 aliphatic heterocycles. The van der Waals surface area contributed by atoms with Crippen LogP contribution >= 0.6 is 0 Å². The zero-order chi connectivity index (χ0) is 12.5. The number of aromatic nitrogens is 1. The molecule has 0 radical (unpaired) electrons. The maximum atomic E-state index is 4.28. The summed E-state index contributed by atoms with van der Waals surface area (Å²) in [5.74, 6) is 0. The van der Waals surface area contributed by atoms with Crippen molar-refractivity contribution in [3.63, 3.8) is 0 Å². The highest BCUT2D eigenvalue weighted by atomic mass is 15.1. The first kappa shape index (κ1) is 14.1. The summed E-state index contributed by atoms with van der Waals surface area (Å²) >= 11 is 0. The number of hydrogen-bond donors (Lipinski definition) is 1. The molecular weight excluding hydrogens is 210 g/mol. The van der Waals surface area contributed by atoms with Gasteiger partial charge in [0.25, 0.3) is 0 Å². The molecule has 0 aliphatic rings. The lowest BCUT2D eigenvalue weighted by Crippen LogP contribution is -2.35. The third-order valence-electron chi connectivity index (χ3n) is 3.13. The van der Waals surface area contributed by atoms with Crippen LogP contribution in [0.2, 0.25) is 0 Å². The highest BCUT2D eigenvalue weighted by Gasteiger charge is 2.06. The van der Waals surface area contributed by atoms with Crippen LogP contribution in [-0.2, 0) is 6.54 Å². The molecule has 1 atom stereocenters. The summed E-state index contributed by atoms with van der Waals surface area (Å²) in [5, 5.41) is 3.43. The van der Waals surface area contributed by atoms with Gasteiger partial charge in [0.05, 0.1) is 5.69 Å². The topological polar surface area (TPSA) is 28.2 Å². The molecule has 0 amide bonds. The number of likely N-dealkylation sites (N-methyl/N-ethyl adjacent to an activating group) is 1. The van der Waals surface area contributed by atoms with E-state index >= 15 is 0 Å². The average Bonchev–Trinajstić information content (AvgIpc) is 2.36. The van der Waals surface area contributed by atoms with Crippen molar-refractivity contribution in [1.82, 2.24) is 15.2 Å². The van der Waals surface area contributed by atoms with Crippen LogP contribution in [0.1, 0.15) is 32.4 Å². The van der Waals surface area contributed by atoms with Crippen LogP contribution in [0.4, 0.5) is 0 Å². The molecule has 0 saturated heterocycles. The van der Waals surface area contributed by atoms with E-state index in [4.69, 9.17) is 0 Å². The zero-order valence-corrected chi connectivity index (χ0v) is 11.3. The maximum Gasteiger partial charge on any atom is 0.0541 e. The Bertz CT molecular complexity index is 287. The van der Waals surface area contributed by atoms with Crippen LogP contribution in [0, 0.1) is 0 Å². The van der Waals surface area contributed by atoms with Crippen LogP contribution in [0.5, 0.6) is 0 Å². The lowest BCUT2D eigenvalue weighted by molar-refractivity contribution is 0.244. The summed E-state index contributed by atoms with van der Waals surface area (Å²) in [6.07, 6.45) is 4.37. The van der Waals surface area contributed by atoms with Crippen molar-refractivity contribution in [1.29, 1.82) is 0 Å². The minimum absolute atomic E-state index is 0.677. The molecule has 0 aromatic carbocycles. The van der Waals surface area contributed by atoms with E-state index in [1.54, 1.807) is 0 Å². The minimum Gasteiger partial charge on any atom is -0.310 e. The summed E-state index contributed by atoms with van der Waals surface area (Å²) in [7, 11) is 2.20. The molecule has 0 spiro atoms. The van der Waals surface area contributed by atoms with Crippen LogP contribution in [0.15, 0.2) is 24.4 Å². The predicted octanol–water partition coefficient (Wildman–Crippen LogP) is 2.29. The standard InChI is InChI=1S/C14H25N3/c1-4-7-13(2)17(3)11-10-15-12-14-8-5-6-9-16-14/h5-6,8-9,13,15H,4,7,10-12H2,1-3H3. The lowest BCUT2D eigenvalue weighted by atomic mass is 10.2. The Labute approximate surface area is 105 Å². The van der Waals surface area contributed by atoms with Gasteiger partial charge in [-0.3, -0.25) is 4.98 Å². The molecule has 0 fully saturated rings. The lowest BCUT2D eigenvalue weighted by Gasteiger charge is -2.24. The SMILES string of the molecule is CCCC(C)N(C)CCNCc1ccccn1. The number of rotatable bonds is 8. The number of hydrogen-bond acceptors (Lipinski definition) is 3. The van der Waals surface area contributed by atoms with Gasteiger partial charge in [-0.05, 0) is 32.5 Å². The average molecular weight is 235 g/mol. The van der Waals surface area contributed by atoms with Crippen molar-refractivity contribution >= 4 is 0 Å². The Morgan fingerprint density at radius 2 is 2.24 bits per heavy atom. The second kappa shape index (κ2) is 8.20. The van der Waals surface area contributed by atoms with Gasteiger partial charge >= 0.3 is 0 Å². The van der Waals surface area contributed by atoms with Gasteiger partial charge in [-0.1, -0.05) is 19.4 Å². The van der Waals surface area contributed by atoms with E-state index < -0.39 is 0 Å². The summed E-state index contributed by atoms with van der Waals surface area (Å²) in [6.45, 7) is 7.50. The van der Waals surface area contributed by atoms with Crippen molar-refractivity contribution in [3.8, 4) is 0 Å². The van der Waals surface area contributed by atoms with Crippen molar-refractivity contribution in [2.45, 2.75) is 39.3 Å². The van der Waals surface area contributed by atoms with E-state index in [0.717, 1.165) is 25.3 Å². The minimum atomic E-state index is 0.677. The van der Waals surface area contributed by atoms with Gasteiger partial charge < -0.3 is 10.2 Å². The smallest absolute Gasteiger partial charge is 0.0541 e. The maximum absolute atomic E-state index is 4.28. The Kier molecular flexibility index (Phi) is 6.82. The molecule has 17 heavy (non-hydrogen) atoms. The van der Waals surface area contributed by atoms with Crippen molar-refractivity contribution < 1.29 is 0 Å². The van der Waals surface area contributed by atoms with Gasteiger partial charge in [-0.2, -0.15) is 0 Å². The summed E-state index contributed by atoms with van der Waals surface area (Å²) < 4.78 is 0. The van der Waals surface area contributed by atoms with Gasteiger partial charge in [0.15, 0.2) is 0 Å². The molecule has 1 heterocycles. The monoisotopic (exact) mass is 235 g/mol. The first-order valence-electron chi connectivity index (χ1n) is 6.55. The molecule has 1 aromatic rings. The van der Waals surface area contributed by atoms with Gasteiger partial charge in [0.1, 0.15) is 0 Å². The molecule has 3 nitrogen and oxygen atoms in total. The summed E-state index contributed by atoms with van der Waals surface area (Å²) in [4.78, 5) is 6.70. The van der Waals surface area contributed by atoms with E-state index in [1.165, 1.54) is 12.8 Å². The van der Waals surface area contributed by atoms with E-state index in [1.807, 2.05) is 18.3 Å². The van der Waals surface area contributed by atoms with E-state index in [0.29, 0.717) is 6.04 Å². The van der Waals surface area contributed by atoms with Crippen LogP contribution in [-0.4, -0.2) is 36.1 Å². The van der Waals surface area contributed by atoms with Crippen LogP contribution in [0.25, 0.3) is 0 Å². The molecular formula is C14H25N3. The molecule has 1 rings (SSSR count). The molecule has 96 valence electrons. The van der Waals surface area contributed by atoms with Gasteiger partial charge in [0.2, 0.25) is 0 Å². The Morgan fingerprint density at radius 1 is 1.41 bits per heavy atom. The third-order valence-corrected chi connectivity index (χ3v) is 3.13. The first-order chi connectivity index (χ1) is 8.24. The molecule has 0 saturated carbocycles. The largest absolute Gasteiger partial charge is 0.310 e. The van der Waals surface area contributed by atoms with Crippen molar-refractivity contribution in [2.75, 3.05) is 20.1 Å². The fourth-order valence-corrected chi connectivity index (χ4v) is 1.83. The molecule has 0 bridgehead atoms. The summed E-state index contributed by atoms with van der Waals surface area (Å²) in [5.41, 5.74) is 1.11. The van der Waals surface area contributed by atoms with Gasteiger partial charge in [0, 0.05) is 31.9 Å². The van der Waals surface area contributed by atoms with Crippen LogP contribution < -0.4 is 5.32 Å². The van der Waals surface area contributed by atoms with E-state index in [-0.39, 0.29) is 0 Å². The normalized spacial score (nSPS) is 12.9. The highest BCUT2D eigenvalue weighted by molar-refractivity contribution is 5.02. The van der Waals surface area contributed by atoms with Crippen LogP contribution in [0.3, 0.4) is 0 Å². The molecule has 1 aromatic heterocycles. The fourth-order valence-electron chi connectivity index (χ4n) is 1.83. The third kappa shape index (κ3) is 5.80. The predicted molar refractivity (Wildman–Crippen MR) is 72.9 cm³/mol. The summed E-state index contributed by atoms with van der Waals surface area (Å²) in [6, 6.07) is 6.70. The van der Waals surface area contributed by atoms with Gasteiger partial charge in [-0.25, -0.2) is 0 Å². The quantitative estimate of drug-likeness (QED) is 0.701. The molecule has 1 unspecified atom stereocenters. The number of pyridine rings is 1. The molecule has 0 aliphatic carbocycles. The second-order valence-corrected chi connectivity index (χ2v) is 4.62. The Hall–Kier alpha value is -0.930. The molecule has 3 heteroatoms. The second-order valence-electron chi connectivity index (χ2n) is 4.62.